The van der Waals surface area contributed by atoms with E-state index in [-0.39, 0.29) is 0 Å². The van der Waals surface area contributed by atoms with Gasteiger partial charge in [0.25, 0.3) is 0 Å². The number of piperazine rings is 1. The van der Waals surface area contributed by atoms with Gasteiger partial charge in [0.15, 0.2) is 0 Å². The van der Waals surface area contributed by atoms with Crippen LogP contribution in [0.2, 0.25) is 12.6 Å². The zero-order chi connectivity index (χ0) is 13.4. The van der Waals surface area contributed by atoms with Crippen LogP contribution in [-0.2, 0) is 8.85 Å². The van der Waals surface area contributed by atoms with Gasteiger partial charge in [0, 0.05) is 52.0 Å². The third-order valence-electron chi connectivity index (χ3n) is 3.69. The maximum atomic E-state index is 5.88. The molecule has 5 heteroatoms. The van der Waals surface area contributed by atoms with Gasteiger partial charge in [-0.1, -0.05) is 6.92 Å². The Morgan fingerprint density at radius 3 is 1.83 bits per heavy atom. The van der Waals surface area contributed by atoms with E-state index in [0.29, 0.717) is 0 Å². The van der Waals surface area contributed by atoms with Crippen molar-refractivity contribution in [3.63, 3.8) is 0 Å². The van der Waals surface area contributed by atoms with Gasteiger partial charge in [0.1, 0.15) is 0 Å². The van der Waals surface area contributed by atoms with E-state index < -0.39 is 8.56 Å². The second kappa shape index (κ2) is 8.27. The molecule has 1 saturated heterocycles. The molecule has 0 aromatic rings. The molecule has 0 N–H and O–H groups in total. The van der Waals surface area contributed by atoms with Crippen molar-refractivity contribution in [3.05, 3.63) is 0 Å². The van der Waals surface area contributed by atoms with Crippen molar-refractivity contribution in [1.29, 1.82) is 0 Å². The summed E-state index contributed by atoms with van der Waals surface area (Å²) in [4.78, 5) is 5.06. The van der Waals surface area contributed by atoms with Crippen molar-refractivity contribution in [1.82, 2.24) is 9.80 Å². The Hall–Kier alpha value is 0.0569. The minimum Gasteiger partial charge on any atom is -0.395 e. The first-order chi connectivity index (χ1) is 8.63. The van der Waals surface area contributed by atoms with Crippen LogP contribution in [0.1, 0.15) is 20.8 Å². The maximum absolute atomic E-state index is 5.88. The molecule has 0 unspecified atom stereocenters. The molecular formula is C13H30N2O2Si. The lowest BCUT2D eigenvalue weighted by atomic mass is 10.3. The van der Waals surface area contributed by atoms with Gasteiger partial charge in [0.2, 0.25) is 0 Å². The van der Waals surface area contributed by atoms with E-state index in [4.69, 9.17) is 8.85 Å². The highest BCUT2D eigenvalue weighted by molar-refractivity contribution is 6.66. The fourth-order valence-electron chi connectivity index (χ4n) is 2.49. The Balaban J connectivity index is 2.30. The van der Waals surface area contributed by atoms with Crippen LogP contribution in [0.15, 0.2) is 0 Å². The molecule has 1 heterocycles. The molecule has 0 saturated carbocycles. The van der Waals surface area contributed by atoms with Gasteiger partial charge in [-0.15, -0.1) is 0 Å². The van der Waals surface area contributed by atoms with Crippen LogP contribution in [0.4, 0.5) is 0 Å². The Bertz CT molecular complexity index is 215. The van der Waals surface area contributed by atoms with E-state index in [1.165, 1.54) is 32.7 Å². The van der Waals surface area contributed by atoms with Gasteiger partial charge < -0.3 is 18.7 Å². The fraction of sp³-hybridized carbons (Fsp3) is 1.00. The summed E-state index contributed by atoms with van der Waals surface area (Å²) in [5, 5.41) is 0. The molecule has 0 spiro atoms. The summed E-state index contributed by atoms with van der Waals surface area (Å²) >= 11 is 0. The molecule has 1 aliphatic rings. The van der Waals surface area contributed by atoms with Gasteiger partial charge in [0.05, 0.1) is 0 Å². The van der Waals surface area contributed by atoms with Crippen LogP contribution in [0.3, 0.4) is 0 Å². The van der Waals surface area contributed by atoms with Crippen LogP contribution in [0.25, 0.3) is 0 Å². The van der Waals surface area contributed by atoms with Gasteiger partial charge in [-0.05, 0) is 26.9 Å². The van der Waals surface area contributed by atoms with E-state index in [2.05, 4.69) is 37.1 Å². The summed E-state index contributed by atoms with van der Waals surface area (Å²) in [6.45, 7) is 17.2. The van der Waals surface area contributed by atoms with Crippen molar-refractivity contribution in [3.8, 4) is 0 Å². The quantitative estimate of drug-likeness (QED) is 0.630. The second-order valence-electron chi connectivity index (χ2n) is 5.03. The molecule has 1 fully saturated rings. The van der Waals surface area contributed by atoms with Crippen molar-refractivity contribution in [2.24, 2.45) is 0 Å². The predicted molar refractivity (Wildman–Crippen MR) is 78.2 cm³/mol. The molecule has 0 atom stereocenters. The summed E-state index contributed by atoms with van der Waals surface area (Å²) < 4.78 is 11.8. The zero-order valence-electron chi connectivity index (χ0n) is 12.6. The van der Waals surface area contributed by atoms with E-state index in [1.807, 2.05) is 0 Å². The molecule has 0 amide bonds. The highest BCUT2D eigenvalue weighted by atomic mass is 28.4. The van der Waals surface area contributed by atoms with Gasteiger partial charge >= 0.3 is 8.56 Å². The van der Waals surface area contributed by atoms with Crippen molar-refractivity contribution >= 4 is 8.56 Å². The van der Waals surface area contributed by atoms with Gasteiger partial charge in [-0.3, -0.25) is 0 Å². The Kier molecular flexibility index (Phi) is 7.40. The molecule has 0 aliphatic carbocycles. The largest absolute Gasteiger partial charge is 0.395 e. The Labute approximate surface area is 113 Å². The second-order valence-corrected chi connectivity index (χ2v) is 8.37. The van der Waals surface area contributed by atoms with Crippen LogP contribution in [0.5, 0.6) is 0 Å². The van der Waals surface area contributed by atoms with Crippen molar-refractivity contribution in [2.45, 2.75) is 33.4 Å². The molecule has 1 rings (SSSR count). The monoisotopic (exact) mass is 274 g/mol. The van der Waals surface area contributed by atoms with Gasteiger partial charge in [-0.25, -0.2) is 0 Å². The third-order valence-corrected chi connectivity index (χ3v) is 6.62. The number of likely N-dealkylation sites (N-methyl/N-ethyl adjacent to an activating group) is 1. The lowest BCUT2D eigenvalue weighted by molar-refractivity contribution is 0.134. The summed E-state index contributed by atoms with van der Waals surface area (Å²) in [6, 6.07) is 1.08. The number of nitrogens with zero attached hydrogens (tertiary/aromatic N) is 2. The Morgan fingerprint density at radius 1 is 0.889 bits per heavy atom. The molecule has 0 aromatic carbocycles. The van der Waals surface area contributed by atoms with Crippen LogP contribution < -0.4 is 0 Å². The molecule has 0 bridgehead atoms. The smallest absolute Gasteiger partial charge is 0.336 e. The van der Waals surface area contributed by atoms with Crippen LogP contribution in [-0.4, -0.2) is 70.8 Å². The van der Waals surface area contributed by atoms with Crippen LogP contribution >= 0.6 is 0 Å². The SMILES string of the molecule is CCO[Si](C)(CCN1CCN(CC)CC1)OCC. The topological polar surface area (TPSA) is 24.9 Å². The number of hydrogen-bond donors (Lipinski definition) is 0. The molecule has 108 valence electrons. The Morgan fingerprint density at radius 2 is 1.39 bits per heavy atom. The van der Waals surface area contributed by atoms with E-state index >= 15 is 0 Å². The van der Waals surface area contributed by atoms with Crippen LogP contribution in [0, 0.1) is 0 Å². The maximum Gasteiger partial charge on any atom is 0.336 e. The average Bonchev–Trinajstić information content (AvgIpc) is 2.38. The standard InChI is InChI=1S/C13H30N2O2Si/c1-5-14-8-10-15(11-9-14)12-13-18(4,16-6-2)17-7-3/h5-13H2,1-4H3. The first-order valence-corrected chi connectivity index (χ1v) is 9.88. The number of hydrogen-bond acceptors (Lipinski definition) is 4. The average molecular weight is 274 g/mol. The zero-order valence-corrected chi connectivity index (χ0v) is 13.6. The fourth-order valence-corrected chi connectivity index (χ4v) is 4.80. The predicted octanol–water partition coefficient (Wildman–Crippen LogP) is 1.77. The number of rotatable bonds is 8. The first kappa shape index (κ1) is 16.1. The summed E-state index contributed by atoms with van der Waals surface area (Å²) in [6.07, 6.45) is 0. The first-order valence-electron chi connectivity index (χ1n) is 7.36. The van der Waals surface area contributed by atoms with E-state index in [0.717, 1.165) is 25.8 Å². The van der Waals surface area contributed by atoms with Gasteiger partial charge in [-0.2, -0.15) is 0 Å². The molecule has 0 radical (unpaired) electrons. The molecule has 1 aliphatic heterocycles. The molecule has 0 aromatic heterocycles. The third kappa shape index (κ3) is 5.36. The normalized spacial score (nSPS) is 19.3. The molecule has 4 nitrogen and oxygen atoms in total. The minimum absolute atomic E-state index is 0.770. The highest BCUT2D eigenvalue weighted by Crippen LogP contribution is 2.15. The molecule has 18 heavy (non-hydrogen) atoms. The summed E-state index contributed by atoms with van der Waals surface area (Å²) in [5.74, 6) is 0. The lowest BCUT2D eigenvalue weighted by Gasteiger charge is -2.35. The van der Waals surface area contributed by atoms with Crippen molar-refractivity contribution < 1.29 is 8.85 Å². The molecular weight excluding hydrogens is 244 g/mol. The van der Waals surface area contributed by atoms with E-state index in [9.17, 15) is 0 Å². The van der Waals surface area contributed by atoms with Crippen molar-refractivity contribution in [2.75, 3.05) is 52.5 Å². The van der Waals surface area contributed by atoms with E-state index in [1.54, 1.807) is 0 Å². The minimum atomic E-state index is -1.91. The summed E-state index contributed by atoms with van der Waals surface area (Å²) in [5.41, 5.74) is 0. The highest BCUT2D eigenvalue weighted by Gasteiger charge is 2.31. The summed E-state index contributed by atoms with van der Waals surface area (Å²) in [7, 11) is -1.91. The lowest BCUT2D eigenvalue weighted by Crippen LogP contribution is -2.49.